The van der Waals surface area contributed by atoms with Crippen LogP contribution in [0.3, 0.4) is 0 Å². The summed E-state index contributed by atoms with van der Waals surface area (Å²) in [4.78, 5) is 13.0. The molecule has 0 spiro atoms. The first-order chi connectivity index (χ1) is 5.70. The molecule has 0 aliphatic rings. The molecule has 0 atom stereocenters. The number of carbonyl (C=O) groups is 1. The standard InChI is InChI=1S/C9H11NO2/c1-10(2)6-5-8(11)9-4-3-7-12-9/h3-7H,1-2H3/b6-5-. The number of ketones is 1. The second-order valence-electron chi connectivity index (χ2n) is 2.62. The molecule has 0 unspecified atom stereocenters. The van der Waals surface area contributed by atoms with Crippen LogP contribution in [0.2, 0.25) is 0 Å². The van der Waals surface area contributed by atoms with Crippen LogP contribution in [-0.2, 0) is 0 Å². The van der Waals surface area contributed by atoms with Gasteiger partial charge in [0.15, 0.2) is 5.76 Å². The molecule has 0 aromatic carbocycles. The highest BCUT2D eigenvalue weighted by Crippen LogP contribution is 2.01. The van der Waals surface area contributed by atoms with E-state index in [0.29, 0.717) is 5.76 Å². The van der Waals surface area contributed by atoms with Gasteiger partial charge < -0.3 is 9.32 Å². The van der Waals surface area contributed by atoms with E-state index in [2.05, 4.69) is 0 Å². The van der Waals surface area contributed by atoms with Gasteiger partial charge in [-0.2, -0.15) is 0 Å². The minimum atomic E-state index is -0.117. The number of rotatable bonds is 3. The van der Waals surface area contributed by atoms with Gasteiger partial charge in [-0.05, 0) is 12.1 Å². The molecule has 1 aromatic heterocycles. The van der Waals surface area contributed by atoms with Crippen LogP contribution in [0, 0.1) is 0 Å². The van der Waals surface area contributed by atoms with E-state index in [-0.39, 0.29) is 5.78 Å². The summed E-state index contributed by atoms with van der Waals surface area (Å²) in [7, 11) is 3.71. The fourth-order valence-corrected chi connectivity index (χ4v) is 0.718. The van der Waals surface area contributed by atoms with E-state index < -0.39 is 0 Å². The summed E-state index contributed by atoms with van der Waals surface area (Å²) in [6.45, 7) is 0. The molecule has 3 heteroatoms. The Morgan fingerprint density at radius 2 is 2.33 bits per heavy atom. The Kier molecular flexibility index (Phi) is 2.69. The topological polar surface area (TPSA) is 33.5 Å². The molecule has 1 heterocycles. The van der Waals surface area contributed by atoms with E-state index in [1.165, 1.54) is 12.3 Å². The Bertz CT molecular complexity index is 273. The number of hydrogen-bond acceptors (Lipinski definition) is 3. The molecule has 1 aromatic rings. The van der Waals surface area contributed by atoms with Crippen LogP contribution in [0.25, 0.3) is 0 Å². The van der Waals surface area contributed by atoms with Crippen molar-refractivity contribution < 1.29 is 9.21 Å². The Hall–Kier alpha value is -1.51. The maximum Gasteiger partial charge on any atom is 0.222 e. The monoisotopic (exact) mass is 165 g/mol. The lowest BCUT2D eigenvalue weighted by Crippen LogP contribution is -2.02. The van der Waals surface area contributed by atoms with Crippen molar-refractivity contribution in [1.29, 1.82) is 0 Å². The second-order valence-corrected chi connectivity index (χ2v) is 2.62. The third-order valence-corrected chi connectivity index (χ3v) is 1.29. The summed E-state index contributed by atoms with van der Waals surface area (Å²) in [6, 6.07) is 3.33. The first kappa shape index (κ1) is 8.59. The van der Waals surface area contributed by atoms with Gasteiger partial charge in [-0.15, -0.1) is 0 Å². The van der Waals surface area contributed by atoms with Crippen molar-refractivity contribution in [1.82, 2.24) is 4.90 Å². The van der Waals surface area contributed by atoms with Gasteiger partial charge >= 0.3 is 0 Å². The number of allylic oxidation sites excluding steroid dienone is 1. The largest absolute Gasteiger partial charge is 0.461 e. The third kappa shape index (κ3) is 2.27. The number of carbonyl (C=O) groups excluding carboxylic acids is 1. The molecule has 0 N–H and O–H groups in total. The van der Waals surface area contributed by atoms with Gasteiger partial charge in [0.05, 0.1) is 6.26 Å². The van der Waals surface area contributed by atoms with Gasteiger partial charge in [-0.25, -0.2) is 0 Å². The summed E-state index contributed by atoms with van der Waals surface area (Å²) in [5.41, 5.74) is 0. The van der Waals surface area contributed by atoms with Gasteiger partial charge in [0.25, 0.3) is 0 Å². The Balaban J connectivity index is 2.62. The van der Waals surface area contributed by atoms with Gasteiger partial charge in [-0.1, -0.05) is 0 Å². The summed E-state index contributed by atoms with van der Waals surface area (Å²) in [5.74, 6) is 0.252. The average Bonchev–Trinajstić information content (AvgIpc) is 2.51. The highest BCUT2D eigenvalue weighted by Gasteiger charge is 2.02. The fraction of sp³-hybridized carbons (Fsp3) is 0.222. The van der Waals surface area contributed by atoms with Gasteiger partial charge in [0, 0.05) is 26.4 Å². The molecule has 64 valence electrons. The van der Waals surface area contributed by atoms with Crippen molar-refractivity contribution in [3.8, 4) is 0 Å². The predicted molar refractivity (Wildman–Crippen MR) is 45.9 cm³/mol. The van der Waals surface area contributed by atoms with Crippen LogP contribution in [-0.4, -0.2) is 24.8 Å². The number of nitrogens with zero attached hydrogens (tertiary/aromatic N) is 1. The van der Waals surface area contributed by atoms with E-state index in [9.17, 15) is 4.79 Å². The van der Waals surface area contributed by atoms with E-state index in [1.807, 2.05) is 14.1 Å². The van der Waals surface area contributed by atoms with Crippen LogP contribution in [0.5, 0.6) is 0 Å². The van der Waals surface area contributed by atoms with Crippen molar-refractivity contribution in [2.75, 3.05) is 14.1 Å². The number of hydrogen-bond donors (Lipinski definition) is 0. The smallest absolute Gasteiger partial charge is 0.222 e. The normalized spacial score (nSPS) is 10.5. The molecule has 0 amide bonds. The summed E-state index contributed by atoms with van der Waals surface area (Å²) >= 11 is 0. The summed E-state index contributed by atoms with van der Waals surface area (Å²) in [5, 5.41) is 0. The SMILES string of the molecule is CN(C)/C=C\C(=O)c1ccco1. The lowest BCUT2D eigenvalue weighted by molar-refractivity contribution is 0.102. The molecular formula is C9H11NO2. The van der Waals surface area contributed by atoms with Crippen molar-refractivity contribution in [2.24, 2.45) is 0 Å². The lowest BCUT2D eigenvalue weighted by Gasteiger charge is -2.01. The van der Waals surface area contributed by atoms with E-state index in [0.717, 1.165) is 0 Å². The molecular weight excluding hydrogens is 154 g/mol. The molecule has 3 nitrogen and oxygen atoms in total. The predicted octanol–water partition coefficient (Wildman–Crippen LogP) is 1.54. The lowest BCUT2D eigenvalue weighted by atomic mass is 10.3. The molecule has 0 bridgehead atoms. The first-order valence-corrected chi connectivity index (χ1v) is 3.62. The molecule has 0 saturated heterocycles. The van der Waals surface area contributed by atoms with E-state index >= 15 is 0 Å². The highest BCUT2D eigenvalue weighted by molar-refractivity contribution is 6.02. The van der Waals surface area contributed by atoms with Crippen molar-refractivity contribution in [2.45, 2.75) is 0 Å². The molecule has 12 heavy (non-hydrogen) atoms. The molecule has 0 aliphatic heterocycles. The van der Waals surface area contributed by atoms with Crippen LogP contribution in [0.15, 0.2) is 35.1 Å². The van der Waals surface area contributed by atoms with Crippen LogP contribution >= 0.6 is 0 Å². The summed E-state index contributed by atoms with van der Waals surface area (Å²) < 4.78 is 4.91. The molecule has 0 saturated carbocycles. The third-order valence-electron chi connectivity index (χ3n) is 1.29. The zero-order chi connectivity index (χ0) is 8.97. The van der Waals surface area contributed by atoms with Crippen molar-refractivity contribution in [3.05, 3.63) is 36.4 Å². The zero-order valence-corrected chi connectivity index (χ0v) is 7.15. The second kappa shape index (κ2) is 3.76. The van der Waals surface area contributed by atoms with E-state index in [4.69, 9.17) is 4.42 Å². The quantitative estimate of drug-likeness (QED) is 0.503. The molecule has 0 radical (unpaired) electrons. The van der Waals surface area contributed by atoms with Gasteiger partial charge in [0.1, 0.15) is 0 Å². The minimum absolute atomic E-state index is 0.117. The average molecular weight is 165 g/mol. The van der Waals surface area contributed by atoms with Gasteiger partial charge in [0.2, 0.25) is 5.78 Å². The Labute approximate surface area is 71.3 Å². The summed E-state index contributed by atoms with van der Waals surface area (Å²) in [6.07, 6.45) is 4.64. The molecule has 0 fully saturated rings. The van der Waals surface area contributed by atoms with Crippen LogP contribution in [0.4, 0.5) is 0 Å². The van der Waals surface area contributed by atoms with Gasteiger partial charge in [-0.3, -0.25) is 4.79 Å². The van der Waals surface area contributed by atoms with Crippen LogP contribution < -0.4 is 0 Å². The number of furan rings is 1. The molecule has 0 aliphatic carbocycles. The maximum absolute atomic E-state index is 11.2. The van der Waals surface area contributed by atoms with E-state index in [1.54, 1.807) is 23.2 Å². The molecule has 1 rings (SSSR count). The maximum atomic E-state index is 11.2. The fourth-order valence-electron chi connectivity index (χ4n) is 0.718. The zero-order valence-electron chi connectivity index (χ0n) is 7.15. The van der Waals surface area contributed by atoms with Crippen LogP contribution in [0.1, 0.15) is 10.6 Å². The highest BCUT2D eigenvalue weighted by atomic mass is 16.3. The first-order valence-electron chi connectivity index (χ1n) is 3.62. The van der Waals surface area contributed by atoms with Crippen molar-refractivity contribution >= 4 is 5.78 Å². The minimum Gasteiger partial charge on any atom is -0.461 e. The Morgan fingerprint density at radius 1 is 1.58 bits per heavy atom. The van der Waals surface area contributed by atoms with Crippen molar-refractivity contribution in [3.63, 3.8) is 0 Å². The Morgan fingerprint density at radius 3 is 2.83 bits per heavy atom.